The Bertz CT molecular complexity index is 918. The van der Waals surface area contributed by atoms with Crippen molar-refractivity contribution in [2.45, 2.75) is 24.9 Å². The lowest BCUT2D eigenvalue weighted by Crippen LogP contribution is -2.55. The van der Waals surface area contributed by atoms with Gasteiger partial charge in [-0.05, 0) is 37.1 Å². The highest BCUT2D eigenvalue weighted by Crippen LogP contribution is 2.38. The molecule has 1 saturated carbocycles. The molecule has 0 bridgehead atoms. The smallest absolute Gasteiger partial charge is 0.266 e. The molecule has 0 spiro atoms. The Balaban J connectivity index is 1.29. The zero-order valence-corrected chi connectivity index (χ0v) is 14.2. The van der Waals surface area contributed by atoms with Gasteiger partial charge in [-0.3, -0.25) is 9.69 Å². The number of hydrogen-bond acceptors (Lipinski definition) is 6. The molecule has 25 heavy (non-hydrogen) atoms. The van der Waals surface area contributed by atoms with Crippen LogP contribution in [-0.4, -0.2) is 34.6 Å². The van der Waals surface area contributed by atoms with E-state index in [1.807, 2.05) is 30.3 Å². The molecule has 1 aromatic carbocycles. The van der Waals surface area contributed by atoms with Crippen LogP contribution in [0.25, 0.3) is 10.2 Å². The van der Waals surface area contributed by atoms with E-state index in [9.17, 15) is 4.79 Å². The van der Waals surface area contributed by atoms with Gasteiger partial charge in [-0.2, -0.15) is 0 Å². The van der Waals surface area contributed by atoms with E-state index < -0.39 is 0 Å². The molecule has 1 amide bonds. The fourth-order valence-corrected chi connectivity index (χ4v) is 4.35. The summed E-state index contributed by atoms with van der Waals surface area (Å²) in [6, 6.07) is 12.3. The number of carbonyl (C=O) groups excluding carboxylic acids is 1. The van der Waals surface area contributed by atoms with Crippen molar-refractivity contribution in [1.29, 1.82) is 0 Å². The van der Waals surface area contributed by atoms with E-state index in [4.69, 9.17) is 4.74 Å². The third-order valence-electron chi connectivity index (χ3n) is 4.70. The van der Waals surface area contributed by atoms with Gasteiger partial charge in [0.25, 0.3) is 5.91 Å². The second-order valence-electron chi connectivity index (χ2n) is 6.33. The molecule has 0 unspecified atom stereocenters. The molecule has 2 aliphatic rings. The van der Waals surface area contributed by atoms with E-state index in [-0.39, 0.29) is 18.6 Å². The van der Waals surface area contributed by atoms with Crippen LogP contribution in [0.3, 0.4) is 0 Å². The third kappa shape index (κ3) is 2.51. The van der Waals surface area contributed by atoms with Gasteiger partial charge in [0.15, 0.2) is 23.3 Å². The molecule has 1 aliphatic heterocycles. The highest BCUT2D eigenvalue weighted by molar-refractivity contribution is 7.22. The number of amides is 1. The predicted octanol–water partition coefficient (Wildman–Crippen LogP) is 3.06. The van der Waals surface area contributed by atoms with Crippen molar-refractivity contribution in [1.82, 2.24) is 9.97 Å². The van der Waals surface area contributed by atoms with Gasteiger partial charge >= 0.3 is 0 Å². The minimum Gasteiger partial charge on any atom is -0.480 e. The quantitative estimate of drug-likeness (QED) is 0.785. The first-order valence-electron chi connectivity index (χ1n) is 8.30. The number of nitrogens with one attached hydrogen (secondary N) is 1. The van der Waals surface area contributed by atoms with Crippen molar-refractivity contribution in [3.63, 3.8) is 0 Å². The number of hydrogen-bond donors (Lipinski definition) is 1. The van der Waals surface area contributed by atoms with Gasteiger partial charge in [0, 0.05) is 18.3 Å². The zero-order valence-electron chi connectivity index (χ0n) is 13.4. The van der Waals surface area contributed by atoms with Crippen molar-refractivity contribution >= 4 is 38.4 Å². The number of para-hydroxylation sites is 1. The maximum absolute atomic E-state index is 12.3. The van der Waals surface area contributed by atoms with Crippen LogP contribution in [0.15, 0.2) is 42.6 Å². The van der Waals surface area contributed by atoms with Crippen LogP contribution >= 0.6 is 11.3 Å². The van der Waals surface area contributed by atoms with Gasteiger partial charge in [0.05, 0.1) is 10.2 Å². The van der Waals surface area contributed by atoms with Gasteiger partial charge in [0.1, 0.15) is 0 Å². The molecule has 6 nitrogen and oxygen atoms in total. The lowest BCUT2D eigenvalue weighted by Gasteiger charge is -2.44. The molecular formula is C18H16N4O2S. The highest BCUT2D eigenvalue weighted by atomic mass is 32.1. The minimum absolute atomic E-state index is 0.0189. The number of aromatic nitrogens is 2. The van der Waals surface area contributed by atoms with Crippen molar-refractivity contribution in [2.24, 2.45) is 0 Å². The Morgan fingerprint density at radius 1 is 1.20 bits per heavy atom. The minimum atomic E-state index is -0.0189. The fraction of sp³-hybridized carbons (Fsp3) is 0.278. The van der Waals surface area contributed by atoms with E-state index >= 15 is 0 Å². The molecule has 7 heteroatoms. The number of rotatable bonds is 3. The topological polar surface area (TPSA) is 67.3 Å². The molecule has 1 aliphatic carbocycles. The lowest BCUT2D eigenvalue weighted by molar-refractivity contribution is -0.122. The molecule has 126 valence electrons. The number of thiazole rings is 1. The summed E-state index contributed by atoms with van der Waals surface area (Å²) in [6.07, 6.45) is 3.47. The summed E-state index contributed by atoms with van der Waals surface area (Å²) >= 11 is 1.67. The van der Waals surface area contributed by atoms with Crippen molar-refractivity contribution in [2.75, 3.05) is 16.8 Å². The normalized spacial score (nSPS) is 22.2. The van der Waals surface area contributed by atoms with Gasteiger partial charge in [-0.25, -0.2) is 9.97 Å². The molecule has 0 atom stereocenters. The molecule has 1 N–H and O–H groups in total. The first-order valence-corrected chi connectivity index (χ1v) is 9.11. The molecule has 3 heterocycles. The largest absolute Gasteiger partial charge is 0.480 e. The highest BCUT2D eigenvalue weighted by Gasteiger charge is 2.40. The maximum atomic E-state index is 12.3. The van der Waals surface area contributed by atoms with Crippen LogP contribution in [0.4, 0.5) is 10.9 Å². The number of carbonyl (C=O) groups is 1. The summed E-state index contributed by atoms with van der Waals surface area (Å²) in [4.78, 5) is 23.1. The standard InChI is InChI=1S/C18H16N4O2S/c23-16-10-24-14-5-3-7-19-17(14)22(16)12-8-11(9-12)20-18-21-13-4-1-2-6-15(13)25-18/h1-7,11-12H,8-10H2,(H,20,21). The molecule has 0 radical (unpaired) electrons. The number of nitrogens with zero attached hydrogens (tertiary/aromatic N) is 3. The lowest BCUT2D eigenvalue weighted by atomic mass is 9.85. The molecule has 2 aromatic heterocycles. The molecule has 1 fully saturated rings. The van der Waals surface area contributed by atoms with Crippen LogP contribution in [0, 0.1) is 0 Å². The first-order chi connectivity index (χ1) is 12.3. The van der Waals surface area contributed by atoms with Gasteiger partial charge < -0.3 is 10.1 Å². The van der Waals surface area contributed by atoms with Gasteiger partial charge in [-0.1, -0.05) is 23.5 Å². The van der Waals surface area contributed by atoms with E-state index in [2.05, 4.69) is 21.4 Å². The maximum Gasteiger partial charge on any atom is 0.266 e. The Morgan fingerprint density at radius 2 is 2.08 bits per heavy atom. The summed E-state index contributed by atoms with van der Waals surface area (Å²) in [7, 11) is 0. The van der Waals surface area contributed by atoms with Crippen molar-refractivity contribution < 1.29 is 9.53 Å². The fourth-order valence-electron chi connectivity index (χ4n) is 3.40. The van der Waals surface area contributed by atoms with Crippen LogP contribution < -0.4 is 15.0 Å². The third-order valence-corrected chi connectivity index (χ3v) is 5.67. The second-order valence-corrected chi connectivity index (χ2v) is 7.36. The molecular weight excluding hydrogens is 336 g/mol. The molecule has 0 saturated heterocycles. The van der Waals surface area contributed by atoms with Crippen LogP contribution in [0.1, 0.15) is 12.8 Å². The number of anilines is 2. The Morgan fingerprint density at radius 3 is 2.96 bits per heavy atom. The number of benzene rings is 1. The van der Waals surface area contributed by atoms with Gasteiger partial charge in [0.2, 0.25) is 0 Å². The Hall–Kier alpha value is -2.67. The predicted molar refractivity (Wildman–Crippen MR) is 97.3 cm³/mol. The number of ether oxygens (including phenoxy) is 1. The van der Waals surface area contributed by atoms with Crippen LogP contribution in [0.2, 0.25) is 0 Å². The van der Waals surface area contributed by atoms with Crippen LogP contribution in [-0.2, 0) is 4.79 Å². The van der Waals surface area contributed by atoms with E-state index in [0.717, 1.165) is 23.5 Å². The van der Waals surface area contributed by atoms with E-state index in [1.165, 1.54) is 4.70 Å². The summed E-state index contributed by atoms with van der Waals surface area (Å²) in [5.74, 6) is 1.31. The monoisotopic (exact) mass is 352 g/mol. The number of pyridine rings is 1. The summed E-state index contributed by atoms with van der Waals surface area (Å²) in [6.45, 7) is 0.0885. The zero-order chi connectivity index (χ0) is 16.8. The number of fused-ring (bicyclic) bond motifs is 2. The summed E-state index contributed by atoms with van der Waals surface area (Å²) < 4.78 is 6.65. The van der Waals surface area contributed by atoms with Crippen LogP contribution in [0.5, 0.6) is 5.75 Å². The average molecular weight is 352 g/mol. The van der Waals surface area contributed by atoms with Crippen molar-refractivity contribution in [3.8, 4) is 5.75 Å². The van der Waals surface area contributed by atoms with Gasteiger partial charge in [-0.15, -0.1) is 0 Å². The van der Waals surface area contributed by atoms with E-state index in [1.54, 1.807) is 22.4 Å². The Labute approximate surface area is 148 Å². The summed E-state index contributed by atoms with van der Waals surface area (Å²) in [5.41, 5.74) is 1.02. The Kier molecular flexibility index (Phi) is 3.34. The summed E-state index contributed by atoms with van der Waals surface area (Å²) in [5, 5.41) is 4.43. The average Bonchev–Trinajstić information content (AvgIpc) is 3.01. The second kappa shape index (κ2) is 5.70. The van der Waals surface area contributed by atoms with Crippen molar-refractivity contribution in [3.05, 3.63) is 42.6 Å². The first kappa shape index (κ1) is 14.7. The SMILES string of the molecule is O=C1COc2cccnc2N1C1CC(Nc2nc3ccccc3s2)C1. The molecule has 3 aromatic rings. The molecule has 5 rings (SSSR count). The van der Waals surface area contributed by atoms with E-state index in [0.29, 0.717) is 17.6 Å².